The Kier molecular flexibility index (Phi) is 5.71. The van der Waals surface area contributed by atoms with Crippen LogP contribution in [0.4, 0.5) is 0 Å². The first kappa shape index (κ1) is 21.0. The summed E-state index contributed by atoms with van der Waals surface area (Å²) in [6, 6.07) is 17.1. The summed E-state index contributed by atoms with van der Waals surface area (Å²) in [5, 5.41) is 9.91. The van der Waals surface area contributed by atoms with Gasteiger partial charge in [-0.3, -0.25) is 14.2 Å². The zero-order valence-corrected chi connectivity index (χ0v) is 18.6. The minimum atomic E-state index is -0.312. The first-order valence-corrected chi connectivity index (χ1v) is 11.5. The lowest BCUT2D eigenvalue weighted by molar-refractivity contribution is -0.123. The Balaban J connectivity index is 1.68. The minimum absolute atomic E-state index is 0.0141. The number of rotatable bonds is 4. The van der Waals surface area contributed by atoms with Crippen molar-refractivity contribution in [3.05, 3.63) is 79.2 Å². The van der Waals surface area contributed by atoms with Crippen molar-refractivity contribution in [1.29, 1.82) is 5.26 Å². The summed E-state index contributed by atoms with van der Waals surface area (Å²) in [7, 11) is 0. The zero-order valence-electron chi connectivity index (χ0n) is 17.8. The number of aromatic nitrogens is 1. The number of hydrogen-bond acceptors (Lipinski definition) is 6. The standard InChI is InChI=1S/C25H21N3O4S/c26-14-19(23(29)27-10-4-5-11-27)25-28(15-17-6-2-1-3-7-17)24(30)22(33-25)13-18-8-9-20-21(12-18)32-16-31-20/h1-3,6-9,12-13H,4-5,10-11,15-16H2. The van der Waals surface area contributed by atoms with Crippen LogP contribution in [-0.2, 0) is 11.3 Å². The Morgan fingerprint density at radius 1 is 1.09 bits per heavy atom. The fourth-order valence-electron chi connectivity index (χ4n) is 4.03. The van der Waals surface area contributed by atoms with Gasteiger partial charge in [0.1, 0.15) is 10.7 Å². The second kappa shape index (κ2) is 8.96. The van der Waals surface area contributed by atoms with E-state index in [-0.39, 0.29) is 30.4 Å². The summed E-state index contributed by atoms with van der Waals surface area (Å²) >= 11 is 1.17. The van der Waals surface area contributed by atoms with E-state index < -0.39 is 0 Å². The molecule has 2 aliphatic heterocycles. The van der Waals surface area contributed by atoms with Crippen molar-refractivity contribution in [2.45, 2.75) is 19.4 Å². The second-order valence-corrected chi connectivity index (χ2v) is 8.92. The van der Waals surface area contributed by atoms with Crippen molar-refractivity contribution in [3.63, 3.8) is 0 Å². The van der Waals surface area contributed by atoms with E-state index in [1.54, 1.807) is 17.0 Å². The Hall–Kier alpha value is -3.83. The minimum Gasteiger partial charge on any atom is -0.454 e. The number of fused-ring (bicyclic) bond motifs is 1. The molecule has 1 fully saturated rings. The highest BCUT2D eigenvalue weighted by Crippen LogP contribution is 2.32. The van der Waals surface area contributed by atoms with E-state index >= 15 is 0 Å². The molecule has 2 aromatic carbocycles. The van der Waals surface area contributed by atoms with Crippen LogP contribution in [0.3, 0.4) is 0 Å². The average Bonchev–Trinajstić information content (AvgIpc) is 3.58. The lowest BCUT2D eigenvalue weighted by Crippen LogP contribution is -2.36. The Bertz CT molecular complexity index is 1430. The molecule has 0 spiro atoms. The van der Waals surface area contributed by atoms with Gasteiger partial charge in [-0.1, -0.05) is 36.4 Å². The Morgan fingerprint density at radius 3 is 2.61 bits per heavy atom. The summed E-state index contributed by atoms with van der Waals surface area (Å²) in [4.78, 5) is 28.2. The highest BCUT2D eigenvalue weighted by molar-refractivity contribution is 7.07. The number of thiazole rings is 1. The molecule has 1 saturated heterocycles. The van der Waals surface area contributed by atoms with E-state index in [1.807, 2.05) is 42.5 Å². The number of carbonyl (C=O) groups excluding carboxylic acids is 1. The fraction of sp³-hybridized carbons (Fsp3) is 0.240. The maximum Gasteiger partial charge on any atom is 0.269 e. The molecular formula is C25H21N3O4S. The first-order valence-electron chi connectivity index (χ1n) is 10.7. The maximum atomic E-state index is 13.4. The Morgan fingerprint density at radius 2 is 1.85 bits per heavy atom. The number of nitrogens with zero attached hydrogens (tertiary/aromatic N) is 3. The number of benzene rings is 2. The number of nitriles is 1. The topological polar surface area (TPSA) is 84.6 Å². The van der Waals surface area contributed by atoms with Crippen LogP contribution in [0, 0.1) is 11.3 Å². The summed E-state index contributed by atoms with van der Waals surface area (Å²) in [6.07, 6.45) is 3.61. The van der Waals surface area contributed by atoms with Gasteiger partial charge in [-0.15, -0.1) is 11.3 Å². The molecule has 3 aromatic rings. The van der Waals surface area contributed by atoms with Crippen molar-refractivity contribution in [1.82, 2.24) is 9.47 Å². The van der Waals surface area contributed by atoms with Crippen LogP contribution >= 0.6 is 11.3 Å². The largest absolute Gasteiger partial charge is 0.454 e. The van der Waals surface area contributed by atoms with E-state index in [0.717, 1.165) is 24.0 Å². The van der Waals surface area contributed by atoms with Gasteiger partial charge in [-0.05, 0) is 42.2 Å². The average molecular weight is 460 g/mol. The van der Waals surface area contributed by atoms with Gasteiger partial charge >= 0.3 is 0 Å². The van der Waals surface area contributed by atoms with Gasteiger partial charge in [-0.25, -0.2) is 0 Å². The van der Waals surface area contributed by atoms with Gasteiger partial charge in [0.15, 0.2) is 17.1 Å². The number of amides is 1. The molecule has 166 valence electrons. The lowest BCUT2D eigenvalue weighted by atomic mass is 10.2. The van der Waals surface area contributed by atoms with Crippen molar-refractivity contribution in [3.8, 4) is 17.6 Å². The van der Waals surface area contributed by atoms with E-state index in [1.165, 1.54) is 15.9 Å². The maximum absolute atomic E-state index is 13.4. The molecule has 7 nitrogen and oxygen atoms in total. The lowest BCUT2D eigenvalue weighted by Gasteiger charge is -2.14. The number of hydrogen-bond donors (Lipinski definition) is 0. The summed E-state index contributed by atoms with van der Waals surface area (Å²) in [5.74, 6) is 0.975. The number of carbonyl (C=O) groups is 1. The molecule has 0 atom stereocenters. The highest BCUT2D eigenvalue weighted by Gasteiger charge is 2.24. The van der Waals surface area contributed by atoms with Crippen molar-refractivity contribution >= 4 is 28.9 Å². The van der Waals surface area contributed by atoms with Crippen LogP contribution < -0.4 is 24.2 Å². The van der Waals surface area contributed by atoms with Crippen LogP contribution in [0.25, 0.3) is 11.6 Å². The molecule has 0 N–H and O–H groups in total. The quantitative estimate of drug-likeness (QED) is 0.594. The van der Waals surface area contributed by atoms with E-state index in [9.17, 15) is 14.9 Å². The van der Waals surface area contributed by atoms with Crippen LogP contribution in [-0.4, -0.2) is 35.3 Å². The molecule has 5 rings (SSSR count). The van der Waals surface area contributed by atoms with Crippen LogP contribution in [0.5, 0.6) is 11.5 Å². The van der Waals surface area contributed by atoms with Crippen molar-refractivity contribution < 1.29 is 14.3 Å². The predicted octanol–water partition coefficient (Wildman–Crippen LogP) is 1.81. The highest BCUT2D eigenvalue weighted by atomic mass is 32.1. The molecule has 1 amide bonds. The number of likely N-dealkylation sites (tertiary alicyclic amines) is 1. The van der Waals surface area contributed by atoms with Crippen LogP contribution in [0.1, 0.15) is 24.0 Å². The van der Waals surface area contributed by atoms with Crippen LogP contribution in [0.15, 0.2) is 53.3 Å². The molecule has 0 radical (unpaired) electrons. The molecule has 33 heavy (non-hydrogen) atoms. The van der Waals surface area contributed by atoms with Gasteiger partial charge in [0, 0.05) is 13.1 Å². The SMILES string of the molecule is N#CC(C(=O)N1CCCC1)=c1sc(=Cc2ccc3c(c2)OCO3)c(=O)n1Cc1ccccc1. The van der Waals surface area contributed by atoms with Gasteiger partial charge in [0.2, 0.25) is 6.79 Å². The Labute approximate surface area is 194 Å². The monoisotopic (exact) mass is 459 g/mol. The summed E-state index contributed by atoms with van der Waals surface area (Å²) in [6.45, 7) is 1.72. The predicted molar refractivity (Wildman–Crippen MR) is 124 cm³/mol. The van der Waals surface area contributed by atoms with E-state index in [0.29, 0.717) is 33.8 Å². The summed E-state index contributed by atoms with van der Waals surface area (Å²) in [5.41, 5.74) is 1.47. The fourth-order valence-corrected chi connectivity index (χ4v) is 5.13. The molecule has 0 aliphatic carbocycles. The smallest absolute Gasteiger partial charge is 0.269 e. The second-order valence-electron chi connectivity index (χ2n) is 7.89. The van der Waals surface area contributed by atoms with E-state index in [4.69, 9.17) is 9.47 Å². The summed E-state index contributed by atoms with van der Waals surface area (Å²) < 4.78 is 13.2. The van der Waals surface area contributed by atoms with Gasteiger partial charge in [0.05, 0.1) is 11.1 Å². The van der Waals surface area contributed by atoms with Gasteiger partial charge in [0.25, 0.3) is 11.5 Å². The van der Waals surface area contributed by atoms with Gasteiger partial charge in [-0.2, -0.15) is 5.26 Å². The molecule has 8 heteroatoms. The van der Waals surface area contributed by atoms with Crippen molar-refractivity contribution in [2.75, 3.05) is 19.9 Å². The van der Waals surface area contributed by atoms with Gasteiger partial charge < -0.3 is 14.4 Å². The molecular weight excluding hydrogens is 438 g/mol. The molecule has 2 aliphatic rings. The van der Waals surface area contributed by atoms with Crippen molar-refractivity contribution in [2.24, 2.45) is 0 Å². The normalized spacial score (nSPS) is 16.1. The molecule has 0 saturated carbocycles. The third kappa shape index (κ3) is 4.15. The first-order chi connectivity index (χ1) is 16.1. The molecule has 3 heterocycles. The molecule has 1 aromatic heterocycles. The third-order valence-electron chi connectivity index (χ3n) is 5.72. The molecule has 0 bridgehead atoms. The zero-order chi connectivity index (χ0) is 22.8. The molecule has 0 unspecified atom stereocenters. The van der Waals surface area contributed by atoms with Crippen LogP contribution in [0.2, 0.25) is 0 Å². The number of ether oxygens (including phenoxy) is 2. The third-order valence-corrected chi connectivity index (χ3v) is 6.85. The van der Waals surface area contributed by atoms with E-state index in [2.05, 4.69) is 6.07 Å².